The average Bonchev–Trinajstić information content (AvgIpc) is 3.22. The van der Waals surface area contributed by atoms with Crippen LogP contribution in [0, 0.1) is 5.82 Å². The summed E-state index contributed by atoms with van der Waals surface area (Å²) >= 11 is 0. The van der Waals surface area contributed by atoms with Crippen LogP contribution in [-0.2, 0) is 20.1 Å². The number of carbonyl (C=O) groups is 1. The summed E-state index contributed by atoms with van der Waals surface area (Å²) in [7, 11) is 1.88. The van der Waals surface area contributed by atoms with E-state index >= 15 is 0 Å². The molecule has 1 aliphatic rings. The van der Waals surface area contributed by atoms with E-state index in [4.69, 9.17) is 0 Å². The fourth-order valence-electron chi connectivity index (χ4n) is 3.70. The van der Waals surface area contributed by atoms with Crippen molar-refractivity contribution >= 4 is 16.8 Å². The third kappa shape index (κ3) is 2.74. The second-order valence-electron chi connectivity index (χ2n) is 7.04. The highest BCUT2D eigenvalue weighted by Gasteiger charge is 2.28. The third-order valence-corrected chi connectivity index (χ3v) is 5.12. The third-order valence-electron chi connectivity index (χ3n) is 5.12. The maximum atomic E-state index is 14.8. The van der Waals surface area contributed by atoms with Gasteiger partial charge in [0.15, 0.2) is 0 Å². The predicted molar refractivity (Wildman–Crippen MR) is 104 cm³/mol. The fraction of sp³-hybridized carbons (Fsp3) is 0.136. The number of benzene rings is 2. The SMILES string of the molecule is Cn1cc2cc(-c3ccc(CN4Cc5ncccc5C4=O)c(F)c3)ccc2n1. The van der Waals surface area contributed by atoms with Crippen LogP contribution in [0.15, 0.2) is 60.9 Å². The molecule has 5 rings (SSSR count). The Hall–Kier alpha value is -3.54. The topological polar surface area (TPSA) is 51.0 Å². The highest BCUT2D eigenvalue weighted by atomic mass is 19.1. The van der Waals surface area contributed by atoms with Crippen LogP contribution in [0.5, 0.6) is 0 Å². The Bertz CT molecular complexity index is 1230. The van der Waals surface area contributed by atoms with E-state index in [0.29, 0.717) is 17.7 Å². The van der Waals surface area contributed by atoms with Crippen LogP contribution < -0.4 is 0 Å². The zero-order valence-corrected chi connectivity index (χ0v) is 15.3. The Morgan fingerprint density at radius 1 is 1.11 bits per heavy atom. The van der Waals surface area contributed by atoms with E-state index < -0.39 is 0 Å². The van der Waals surface area contributed by atoms with Crippen molar-refractivity contribution in [2.75, 3.05) is 0 Å². The lowest BCUT2D eigenvalue weighted by molar-refractivity contribution is 0.0765. The van der Waals surface area contributed by atoms with Crippen molar-refractivity contribution in [1.29, 1.82) is 0 Å². The van der Waals surface area contributed by atoms with Crippen molar-refractivity contribution in [3.63, 3.8) is 0 Å². The standard InChI is InChI=1S/C22H17FN4O/c1-26-11-17-9-14(6-7-20(17)25-26)15-4-5-16(19(23)10-15)12-27-13-21-18(22(27)28)3-2-8-24-21/h2-11H,12-13H2,1H3. The number of halogens is 1. The van der Waals surface area contributed by atoms with Gasteiger partial charge in [-0.05, 0) is 41.5 Å². The molecule has 138 valence electrons. The maximum absolute atomic E-state index is 14.8. The van der Waals surface area contributed by atoms with Gasteiger partial charge in [-0.1, -0.05) is 18.2 Å². The number of amides is 1. The summed E-state index contributed by atoms with van der Waals surface area (Å²) in [4.78, 5) is 18.3. The fourth-order valence-corrected chi connectivity index (χ4v) is 3.70. The number of nitrogens with zero attached hydrogens (tertiary/aromatic N) is 4. The predicted octanol–water partition coefficient (Wildman–Crippen LogP) is 3.93. The molecule has 0 saturated carbocycles. The van der Waals surface area contributed by atoms with E-state index in [2.05, 4.69) is 10.1 Å². The molecule has 0 fully saturated rings. The van der Waals surface area contributed by atoms with Gasteiger partial charge in [-0.3, -0.25) is 14.5 Å². The Kier molecular flexibility index (Phi) is 3.72. The first kappa shape index (κ1) is 16.6. The number of fused-ring (bicyclic) bond motifs is 2. The Morgan fingerprint density at radius 3 is 2.75 bits per heavy atom. The van der Waals surface area contributed by atoms with Gasteiger partial charge in [-0.25, -0.2) is 4.39 Å². The van der Waals surface area contributed by atoms with Crippen molar-refractivity contribution in [2.45, 2.75) is 13.1 Å². The second-order valence-corrected chi connectivity index (χ2v) is 7.04. The molecule has 1 amide bonds. The summed E-state index contributed by atoms with van der Waals surface area (Å²) in [5.74, 6) is -0.422. The molecule has 0 atom stereocenters. The number of hydrogen-bond acceptors (Lipinski definition) is 3. The normalized spacial score (nSPS) is 13.4. The molecular weight excluding hydrogens is 355 g/mol. The quantitative estimate of drug-likeness (QED) is 0.548. The zero-order valence-electron chi connectivity index (χ0n) is 15.3. The molecule has 5 nitrogen and oxygen atoms in total. The number of aryl methyl sites for hydroxylation is 1. The first-order chi connectivity index (χ1) is 13.6. The van der Waals surface area contributed by atoms with Crippen LogP contribution in [0.25, 0.3) is 22.0 Å². The van der Waals surface area contributed by atoms with Crippen LogP contribution in [0.1, 0.15) is 21.6 Å². The van der Waals surface area contributed by atoms with E-state index in [-0.39, 0.29) is 18.3 Å². The van der Waals surface area contributed by atoms with Crippen molar-refractivity contribution in [3.05, 3.63) is 83.6 Å². The van der Waals surface area contributed by atoms with Gasteiger partial charge >= 0.3 is 0 Å². The molecule has 0 radical (unpaired) electrons. The minimum atomic E-state index is -0.319. The second kappa shape index (κ2) is 6.27. The smallest absolute Gasteiger partial charge is 0.256 e. The summed E-state index contributed by atoms with van der Waals surface area (Å²) in [6.45, 7) is 0.636. The molecule has 2 aromatic carbocycles. The van der Waals surface area contributed by atoms with Crippen molar-refractivity contribution in [1.82, 2.24) is 19.7 Å². The Balaban J connectivity index is 1.41. The first-order valence-electron chi connectivity index (χ1n) is 9.04. The number of aromatic nitrogens is 3. The molecule has 6 heteroatoms. The lowest BCUT2D eigenvalue weighted by atomic mass is 10.0. The molecule has 0 unspecified atom stereocenters. The summed E-state index contributed by atoms with van der Waals surface area (Å²) in [6, 6.07) is 14.6. The van der Waals surface area contributed by atoms with Gasteiger partial charge in [0.2, 0.25) is 0 Å². The minimum Gasteiger partial charge on any atom is -0.328 e. The zero-order chi connectivity index (χ0) is 19.3. The molecule has 2 aromatic heterocycles. The van der Waals surface area contributed by atoms with Gasteiger partial charge in [0.05, 0.1) is 23.3 Å². The first-order valence-corrected chi connectivity index (χ1v) is 9.04. The van der Waals surface area contributed by atoms with Gasteiger partial charge in [0.1, 0.15) is 5.82 Å². The van der Waals surface area contributed by atoms with Crippen LogP contribution in [0.4, 0.5) is 4.39 Å². The molecular formula is C22H17FN4O. The Labute approximate surface area is 161 Å². The van der Waals surface area contributed by atoms with E-state index in [0.717, 1.165) is 27.7 Å². The molecule has 28 heavy (non-hydrogen) atoms. The summed E-state index contributed by atoms with van der Waals surface area (Å²) in [6.07, 6.45) is 3.61. The molecule has 3 heterocycles. The highest BCUT2D eigenvalue weighted by molar-refractivity contribution is 5.97. The van der Waals surface area contributed by atoms with E-state index in [1.54, 1.807) is 34.0 Å². The summed E-state index contributed by atoms with van der Waals surface area (Å²) in [5.41, 5.74) is 4.47. The van der Waals surface area contributed by atoms with Gasteiger partial charge < -0.3 is 4.90 Å². The van der Waals surface area contributed by atoms with E-state index in [1.165, 1.54) is 6.07 Å². The van der Waals surface area contributed by atoms with E-state index in [9.17, 15) is 9.18 Å². The highest BCUT2D eigenvalue weighted by Crippen LogP contribution is 2.27. The Morgan fingerprint density at radius 2 is 1.93 bits per heavy atom. The van der Waals surface area contributed by atoms with Crippen molar-refractivity contribution < 1.29 is 9.18 Å². The summed E-state index contributed by atoms with van der Waals surface area (Å²) in [5, 5.41) is 5.37. The van der Waals surface area contributed by atoms with Crippen LogP contribution >= 0.6 is 0 Å². The average molecular weight is 372 g/mol. The van der Waals surface area contributed by atoms with Crippen LogP contribution in [0.3, 0.4) is 0 Å². The van der Waals surface area contributed by atoms with Gasteiger partial charge in [0, 0.05) is 36.9 Å². The van der Waals surface area contributed by atoms with Crippen molar-refractivity contribution in [2.24, 2.45) is 7.05 Å². The van der Waals surface area contributed by atoms with Crippen LogP contribution in [-0.4, -0.2) is 25.6 Å². The number of hydrogen-bond donors (Lipinski definition) is 0. The van der Waals surface area contributed by atoms with Crippen LogP contribution in [0.2, 0.25) is 0 Å². The molecule has 4 aromatic rings. The van der Waals surface area contributed by atoms with Gasteiger partial charge in [0.25, 0.3) is 5.91 Å². The van der Waals surface area contributed by atoms with E-state index in [1.807, 2.05) is 37.5 Å². The lowest BCUT2D eigenvalue weighted by Crippen LogP contribution is -2.23. The molecule has 0 spiro atoms. The lowest BCUT2D eigenvalue weighted by Gasteiger charge is -2.16. The minimum absolute atomic E-state index is 0.103. The molecule has 0 saturated heterocycles. The monoisotopic (exact) mass is 372 g/mol. The largest absolute Gasteiger partial charge is 0.328 e. The summed E-state index contributed by atoms with van der Waals surface area (Å²) < 4.78 is 16.6. The molecule has 0 bridgehead atoms. The maximum Gasteiger partial charge on any atom is 0.256 e. The number of carbonyl (C=O) groups excluding carboxylic acids is 1. The molecule has 0 aliphatic carbocycles. The molecule has 1 aliphatic heterocycles. The molecule has 0 N–H and O–H groups in total. The van der Waals surface area contributed by atoms with Gasteiger partial charge in [-0.2, -0.15) is 5.10 Å². The van der Waals surface area contributed by atoms with Crippen molar-refractivity contribution in [3.8, 4) is 11.1 Å². The number of pyridine rings is 1. The number of rotatable bonds is 3. The van der Waals surface area contributed by atoms with Gasteiger partial charge in [-0.15, -0.1) is 0 Å².